The molecular formula is C24H20FN3O4. The summed E-state index contributed by atoms with van der Waals surface area (Å²) in [5.41, 5.74) is 3.21. The lowest BCUT2D eigenvalue weighted by Gasteiger charge is -2.26. The molecule has 0 fully saturated rings. The maximum Gasteiger partial charge on any atom is 0.261 e. The summed E-state index contributed by atoms with van der Waals surface area (Å²) in [5.74, 6) is -0.385. The van der Waals surface area contributed by atoms with Crippen LogP contribution in [0.5, 0.6) is 0 Å². The molecule has 2 aliphatic heterocycles. The molecule has 2 aliphatic rings. The zero-order valence-electron chi connectivity index (χ0n) is 17.2. The molecule has 0 bridgehead atoms. The molecular weight excluding hydrogens is 413 g/mol. The first-order chi connectivity index (χ1) is 15.5. The fourth-order valence-corrected chi connectivity index (χ4v) is 4.26. The second-order valence-corrected chi connectivity index (χ2v) is 7.92. The molecule has 1 aromatic heterocycles. The summed E-state index contributed by atoms with van der Waals surface area (Å²) >= 11 is 0. The maximum absolute atomic E-state index is 13.2. The molecule has 0 N–H and O–H groups in total. The highest BCUT2D eigenvalue weighted by Gasteiger charge is 2.35. The molecule has 5 rings (SSSR count). The number of carbonyl (C=O) groups excluding carboxylic acids is 3. The molecule has 0 saturated heterocycles. The standard InChI is InChI=1S/C24H20FN3O4/c25-16-9-7-15(8-10-16)22-19-11-13-27(14-20(19)26-32-22)21(29)6-3-12-28-23(30)17-4-1-2-5-18(17)24(28)31/h1-2,4-5,7-10H,3,6,11-14H2. The van der Waals surface area contributed by atoms with Crippen LogP contribution in [0.1, 0.15) is 44.8 Å². The molecule has 3 aromatic rings. The molecule has 0 saturated carbocycles. The topological polar surface area (TPSA) is 83.7 Å². The Hall–Kier alpha value is -3.81. The highest BCUT2D eigenvalue weighted by molar-refractivity contribution is 6.21. The maximum atomic E-state index is 13.2. The molecule has 3 heterocycles. The fourth-order valence-electron chi connectivity index (χ4n) is 4.26. The van der Waals surface area contributed by atoms with Gasteiger partial charge in [0.15, 0.2) is 5.76 Å². The number of imide groups is 1. The van der Waals surface area contributed by atoms with Crippen molar-refractivity contribution in [3.8, 4) is 11.3 Å². The monoisotopic (exact) mass is 433 g/mol. The van der Waals surface area contributed by atoms with Gasteiger partial charge in [-0.15, -0.1) is 0 Å². The minimum atomic E-state index is -0.319. The lowest BCUT2D eigenvalue weighted by Crippen LogP contribution is -2.37. The van der Waals surface area contributed by atoms with E-state index in [9.17, 15) is 18.8 Å². The second-order valence-electron chi connectivity index (χ2n) is 7.92. The average Bonchev–Trinajstić information content (AvgIpc) is 3.34. The Labute approximate surface area is 183 Å². The molecule has 0 unspecified atom stereocenters. The Bertz CT molecular complexity index is 1180. The normalized spacial score (nSPS) is 15.2. The molecule has 0 radical (unpaired) electrons. The number of hydrogen-bond donors (Lipinski definition) is 0. The molecule has 2 aromatic carbocycles. The van der Waals surface area contributed by atoms with E-state index in [1.54, 1.807) is 41.3 Å². The minimum Gasteiger partial charge on any atom is -0.356 e. The Morgan fingerprint density at radius 1 is 1.03 bits per heavy atom. The third kappa shape index (κ3) is 3.47. The lowest BCUT2D eigenvalue weighted by atomic mass is 10.0. The number of amides is 3. The molecule has 0 aliphatic carbocycles. The number of halogens is 1. The summed E-state index contributed by atoms with van der Waals surface area (Å²) in [6, 6.07) is 12.8. The third-order valence-electron chi connectivity index (χ3n) is 5.95. The zero-order valence-corrected chi connectivity index (χ0v) is 17.2. The first-order valence-corrected chi connectivity index (χ1v) is 10.5. The first kappa shape index (κ1) is 20.1. The predicted molar refractivity (Wildman–Crippen MR) is 112 cm³/mol. The summed E-state index contributed by atoms with van der Waals surface area (Å²) in [4.78, 5) is 40.5. The van der Waals surface area contributed by atoms with Gasteiger partial charge in [0.05, 0.1) is 17.7 Å². The molecule has 3 amide bonds. The van der Waals surface area contributed by atoms with Crippen molar-refractivity contribution in [1.29, 1.82) is 0 Å². The molecule has 0 atom stereocenters. The van der Waals surface area contributed by atoms with Gasteiger partial charge in [0.25, 0.3) is 11.8 Å². The highest BCUT2D eigenvalue weighted by atomic mass is 19.1. The van der Waals surface area contributed by atoms with E-state index in [4.69, 9.17) is 4.52 Å². The summed E-state index contributed by atoms with van der Waals surface area (Å²) in [5, 5.41) is 4.11. The summed E-state index contributed by atoms with van der Waals surface area (Å²) < 4.78 is 18.7. The van der Waals surface area contributed by atoms with Crippen molar-refractivity contribution in [2.24, 2.45) is 0 Å². The van der Waals surface area contributed by atoms with Crippen LogP contribution in [0.2, 0.25) is 0 Å². The van der Waals surface area contributed by atoms with Crippen LogP contribution in [0.4, 0.5) is 4.39 Å². The summed E-state index contributed by atoms with van der Waals surface area (Å²) in [6.07, 6.45) is 1.22. The van der Waals surface area contributed by atoms with Gasteiger partial charge in [-0.1, -0.05) is 17.3 Å². The van der Waals surface area contributed by atoms with Crippen LogP contribution in [0.15, 0.2) is 53.1 Å². The van der Waals surface area contributed by atoms with Crippen LogP contribution in [-0.4, -0.2) is 45.8 Å². The summed E-state index contributed by atoms with van der Waals surface area (Å²) in [6.45, 7) is 1.07. The summed E-state index contributed by atoms with van der Waals surface area (Å²) in [7, 11) is 0. The van der Waals surface area contributed by atoms with Crippen LogP contribution < -0.4 is 0 Å². The van der Waals surface area contributed by atoms with E-state index in [0.29, 0.717) is 48.5 Å². The molecule has 8 heteroatoms. The largest absolute Gasteiger partial charge is 0.356 e. The van der Waals surface area contributed by atoms with Crippen LogP contribution in [0, 0.1) is 5.82 Å². The number of benzene rings is 2. The number of hydrogen-bond acceptors (Lipinski definition) is 5. The quantitative estimate of drug-likeness (QED) is 0.576. The highest BCUT2D eigenvalue weighted by Crippen LogP contribution is 2.30. The van der Waals surface area contributed by atoms with Gasteiger partial charge in [-0.05, 0) is 49.2 Å². The number of aromatic nitrogens is 1. The van der Waals surface area contributed by atoms with Crippen LogP contribution >= 0.6 is 0 Å². The van der Waals surface area contributed by atoms with E-state index in [1.165, 1.54) is 17.0 Å². The van der Waals surface area contributed by atoms with E-state index in [2.05, 4.69) is 5.16 Å². The fraction of sp³-hybridized carbons (Fsp3) is 0.250. The minimum absolute atomic E-state index is 0.0569. The number of rotatable bonds is 5. The number of fused-ring (bicyclic) bond motifs is 2. The van der Waals surface area contributed by atoms with Gasteiger partial charge in [0.1, 0.15) is 11.5 Å². The van der Waals surface area contributed by atoms with Gasteiger partial charge < -0.3 is 9.42 Å². The first-order valence-electron chi connectivity index (χ1n) is 10.5. The van der Waals surface area contributed by atoms with E-state index in [0.717, 1.165) is 11.1 Å². The molecule has 162 valence electrons. The third-order valence-corrected chi connectivity index (χ3v) is 5.95. The van der Waals surface area contributed by atoms with E-state index < -0.39 is 0 Å². The number of nitrogens with zero attached hydrogens (tertiary/aromatic N) is 3. The van der Waals surface area contributed by atoms with Crippen molar-refractivity contribution in [2.45, 2.75) is 25.8 Å². The predicted octanol–water partition coefficient (Wildman–Crippen LogP) is 3.44. The van der Waals surface area contributed by atoms with Crippen molar-refractivity contribution < 1.29 is 23.3 Å². The number of carbonyl (C=O) groups is 3. The van der Waals surface area contributed by atoms with Gasteiger partial charge in [-0.3, -0.25) is 19.3 Å². The van der Waals surface area contributed by atoms with Gasteiger partial charge in [-0.25, -0.2) is 4.39 Å². The smallest absolute Gasteiger partial charge is 0.261 e. The van der Waals surface area contributed by atoms with Crippen molar-refractivity contribution >= 4 is 17.7 Å². The molecule has 32 heavy (non-hydrogen) atoms. The van der Waals surface area contributed by atoms with E-state index in [1.807, 2.05) is 0 Å². The second kappa shape index (κ2) is 8.03. The zero-order chi connectivity index (χ0) is 22.2. The Morgan fingerprint density at radius 3 is 2.41 bits per heavy atom. The van der Waals surface area contributed by atoms with Crippen molar-refractivity contribution in [2.75, 3.05) is 13.1 Å². The molecule has 0 spiro atoms. The Balaban J connectivity index is 1.18. The van der Waals surface area contributed by atoms with Crippen molar-refractivity contribution in [3.63, 3.8) is 0 Å². The van der Waals surface area contributed by atoms with Crippen LogP contribution in [-0.2, 0) is 17.8 Å². The molecule has 7 nitrogen and oxygen atoms in total. The van der Waals surface area contributed by atoms with Gasteiger partial charge in [0, 0.05) is 30.6 Å². The van der Waals surface area contributed by atoms with Gasteiger partial charge >= 0.3 is 0 Å². The van der Waals surface area contributed by atoms with Crippen LogP contribution in [0.25, 0.3) is 11.3 Å². The van der Waals surface area contributed by atoms with E-state index >= 15 is 0 Å². The SMILES string of the molecule is O=C(CCCN1C(=O)c2ccccc2C1=O)N1CCc2c(noc2-c2ccc(F)cc2)C1. The van der Waals surface area contributed by atoms with Crippen molar-refractivity contribution in [1.82, 2.24) is 15.0 Å². The lowest BCUT2D eigenvalue weighted by molar-refractivity contribution is -0.132. The average molecular weight is 433 g/mol. The van der Waals surface area contributed by atoms with Gasteiger partial charge in [-0.2, -0.15) is 0 Å². The van der Waals surface area contributed by atoms with Gasteiger partial charge in [0.2, 0.25) is 5.91 Å². The Kier molecular flexibility index (Phi) is 5.05. The van der Waals surface area contributed by atoms with E-state index in [-0.39, 0.29) is 36.5 Å². The Morgan fingerprint density at radius 2 is 1.72 bits per heavy atom. The van der Waals surface area contributed by atoms with Crippen LogP contribution in [0.3, 0.4) is 0 Å². The van der Waals surface area contributed by atoms with Crippen molar-refractivity contribution in [3.05, 3.63) is 76.7 Å².